The third kappa shape index (κ3) is 3.30. The van der Waals surface area contributed by atoms with Crippen molar-refractivity contribution in [1.29, 1.82) is 0 Å². The van der Waals surface area contributed by atoms with Gasteiger partial charge < -0.3 is 10.6 Å². The number of hydrogen-bond donors (Lipinski definition) is 2. The molecule has 0 aliphatic carbocycles. The largest absolute Gasteiger partial charge is 0.354 e. The third-order valence-electron chi connectivity index (χ3n) is 4.60. The van der Waals surface area contributed by atoms with E-state index in [0.29, 0.717) is 6.54 Å². The average Bonchev–Trinajstić information content (AvgIpc) is 2.66. The summed E-state index contributed by atoms with van der Waals surface area (Å²) < 4.78 is 25.6. The third-order valence-corrected chi connectivity index (χ3v) is 10.1. The zero-order valence-corrected chi connectivity index (χ0v) is 16.3. The molecule has 0 spiro atoms. The topological polar surface area (TPSA) is 58.2 Å². The lowest BCUT2D eigenvalue weighted by molar-refractivity contribution is 0.576. The molecule has 2 aromatic carbocycles. The van der Waals surface area contributed by atoms with Crippen LogP contribution in [0.1, 0.15) is 17.7 Å². The Morgan fingerprint density at radius 2 is 1.92 bits per heavy atom. The van der Waals surface area contributed by atoms with Crippen molar-refractivity contribution < 1.29 is 8.42 Å². The van der Waals surface area contributed by atoms with E-state index in [4.69, 9.17) is 0 Å². The minimum Gasteiger partial charge on any atom is -0.354 e. The van der Waals surface area contributed by atoms with Crippen LogP contribution in [-0.2, 0) is 9.84 Å². The fourth-order valence-corrected chi connectivity index (χ4v) is 7.69. The Balaban J connectivity index is 1.62. The van der Waals surface area contributed by atoms with Gasteiger partial charge in [0.15, 0.2) is 9.84 Å². The lowest BCUT2D eigenvalue weighted by Gasteiger charge is -2.27. The molecule has 4 rings (SSSR count). The van der Waals surface area contributed by atoms with Gasteiger partial charge in [0.1, 0.15) is 4.58 Å². The average molecular weight is 393 g/mol. The molecule has 0 amide bonds. The molecule has 1 fully saturated rings. The number of fused-ring (bicyclic) bond motifs is 2. The molecule has 2 atom stereocenters. The van der Waals surface area contributed by atoms with Crippen molar-refractivity contribution in [3.8, 4) is 0 Å². The van der Waals surface area contributed by atoms with Gasteiger partial charge in [-0.15, -0.1) is 11.8 Å². The molecule has 25 heavy (non-hydrogen) atoms. The van der Waals surface area contributed by atoms with Crippen LogP contribution < -0.4 is 10.6 Å². The molecular formula is C18H20N2O2S3. The Morgan fingerprint density at radius 1 is 1.12 bits per heavy atom. The molecule has 2 N–H and O–H groups in total. The Hall–Kier alpha value is -1.15. The first-order chi connectivity index (χ1) is 12.1. The summed E-state index contributed by atoms with van der Waals surface area (Å²) in [4.78, 5) is 2.31. The summed E-state index contributed by atoms with van der Waals surface area (Å²) in [6.07, 6.45) is 0. The number of para-hydroxylation sites is 1. The number of benzene rings is 2. The normalized spacial score (nSPS) is 20.9. The maximum Gasteiger partial charge on any atom is 0.170 e. The van der Waals surface area contributed by atoms with Crippen LogP contribution in [0.2, 0.25) is 0 Å². The number of nitrogens with one attached hydrogen (secondary N) is 2. The fraction of sp³-hybridized carbons (Fsp3) is 0.333. The van der Waals surface area contributed by atoms with E-state index in [0.717, 1.165) is 34.1 Å². The Morgan fingerprint density at radius 3 is 2.72 bits per heavy atom. The monoisotopic (exact) mass is 392 g/mol. The minimum absolute atomic E-state index is 0.365. The van der Waals surface area contributed by atoms with Crippen LogP contribution in [0.25, 0.3) is 0 Å². The van der Waals surface area contributed by atoms with Crippen LogP contribution in [0.15, 0.2) is 52.3 Å². The molecule has 0 radical (unpaired) electrons. The highest BCUT2D eigenvalue weighted by Crippen LogP contribution is 2.45. The van der Waals surface area contributed by atoms with E-state index in [1.54, 1.807) is 30.4 Å². The lowest BCUT2D eigenvalue weighted by atomic mass is 10.1. The van der Waals surface area contributed by atoms with E-state index in [9.17, 15) is 8.42 Å². The van der Waals surface area contributed by atoms with Gasteiger partial charge in [-0.25, -0.2) is 8.42 Å². The van der Waals surface area contributed by atoms with Crippen LogP contribution in [-0.4, -0.2) is 31.8 Å². The molecule has 7 heteroatoms. The first kappa shape index (κ1) is 17.3. The van der Waals surface area contributed by atoms with Gasteiger partial charge in [-0.3, -0.25) is 0 Å². The molecule has 2 unspecified atom stereocenters. The fourth-order valence-electron chi connectivity index (χ4n) is 3.08. The summed E-state index contributed by atoms with van der Waals surface area (Å²) in [5, 5.41) is 6.11. The van der Waals surface area contributed by atoms with Gasteiger partial charge in [-0.1, -0.05) is 30.0 Å². The molecule has 0 aromatic heterocycles. The summed E-state index contributed by atoms with van der Waals surface area (Å²) in [6, 6.07) is 14.1. The van der Waals surface area contributed by atoms with Crippen molar-refractivity contribution >= 4 is 44.7 Å². The predicted octanol–water partition coefficient (Wildman–Crippen LogP) is 4.03. The number of anilines is 2. The second-order valence-electron chi connectivity index (χ2n) is 6.21. The minimum atomic E-state index is -3.24. The smallest absolute Gasteiger partial charge is 0.170 e. The van der Waals surface area contributed by atoms with E-state index < -0.39 is 15.1 Å². The van der Waals surface area contributed by atoms with Gasteiger partial charge in [0, 0.05) is 28.6 Å². The van der Waals surface area contributed by atoms with Crippen molar-refractivity contribution in [1.82, 2.24) is 5.32 Å². The quantitative estimate of drug-likeness (QED) is 0.702. The molecule has 2 aliphatic rings. The van der Waals surface area contributed by atoms with E-state index in [-0.39, 0.29) is 4.58 Å². The van der Waals surface area contributed by atoms with Crippen LogP contribution in [0.3, 0.4) is 0 Å². The molecule has 2 aliphatic heterocycles. The number of hydrogen-bond acceptors (Lipinski definition) is 6. The van der Waals surface area contributed by atoms with Crippen LogP contribution >= 0.6 is 23.5 Å². The zero-order chi connectivity index (χ0) is 17.4. The summed E-state index contributed by atoms with van der Waals surface area (Å²) in [5.74, 6) is 0.843. The summed E-state index contributed by atoms with van der Waals surface area (Å²) in [5.41, 5.74) is 2.90. The zero-order valence-electron chi connectivity index (χ0n) is 13.9. The van der Waals surface area contributed by atoms with Crippen molar-refractivity contribution in [3.05, 3.63) is 48.0 Å². The van der Waals surface area contributed by atoms with Crippen molar-refractivity contribution in [2.45, 2.75) is 26.5 Å². The molecule has 0 saturated carbocycles. The summed E-state index contributed by atoms with van der Waals surface area (Å²) >= 11 is 3.25. The first-order valence-corrected chi connectivity index (χ1v) is 11.8. The Kier molecular flexibility index (Phi) is 4.75. The lowest BCUT2D eigenvalue weighted by Crippen LogP contribution is -2.39. The number of rotatable bonds is 3. The van der Waals surface area contributed by atoms with Gasteiger partial charge in [-0.05, 0) is 36.8 Å². The van der Waals surface area contributed by atoms with Gasteiger partial charge in [-0.2, -0.15) is 0 Å². The highest BCUT2D eigenvalue weighted by Gasteiger charge is 2.34. The SMILES string of the molecule is CC(c1ccc2c(c1)Nc1ccccc1S2)S(=O)(=O)C1CNCCS1. The van der Waals surface area contributed by atoms with Gasteiger partial charge in [0.05, 0.1) is 16.6 Å². The highest BCUT2D eigenvalue weighted by atomic mass is 32.3. The Labute approximate surface area is 157 Å². The molecule has 1 saturated heterocycles. The van der Waals surface area contributed by atoms with Crippen LogP contribution in [0.4, 0.5) is 11.4 Å². The Bertz CT molecular complexity index is 893. The summed E-state index contributed by atoms with van der Waals surface area (Å²) in [7, 11) is -3.24. The predicted molar refractivity (Wildman–Crippen MR) is 107 cm³/mol. The molecule has 2 heterocycles. The number of sulfone groups is 1. The van der Waals surface area contributed by atoms with Crippen LogP contribution in [0, 0.1) is 0 Å². The second kappa shape index (κ2) is 6.87. The first-order valence-electron chi connectivity index (χ1n) is 8.28. The molecule has 4 nitrogen and oxygen atoms in total. The molecular weight excluding hydrogens is 372 g/mol. The van der Waals surface area contributed by atoms with Crippen LogP contribution in [0.5, 0.6) is 0 Å². The van der Waals surface area contributed by atoms with Gasteiger partial charge >= 0.3 is 0 Å². The maximum absolute atomic E-state index is 13.0. The highest BCUT2D eigenvalue weighted by molar-refractivity contribution is 8.13. The standard InChI is InChI=1S/C18H20N2O2S3/c1-12(25(21,22)18-11-19-8-9-23-18)13-6-7-17-15(10-13)20-14-4-2-3-5-16(14)24-17/h2-7,10,12,18-20H,8-9,11H2,1H3. The van der Waals surface area contributed by atoms with E-state index in [1.165, 1.54) is 4.90 Å². The molecule has 0 bridgehead atoms. The molecule has 132 valence electrons. The van der Waals surface area contributed by atoms with E-state index >= 15 is 0 Å². The van der Waals surface area contributed by atoms with E-state index in [2.05, 4.69) is 16.7 Å². The van der Waals surface area contributed by atoms with Crippen molar-refractivity contribution in [2.75, 3.05) is 24.2 Å². The summed E-state index contributed by atoms with van der Waals surface area (Å²) in [6.45, 7) is 3.21. The van der Waals surface area contributed by atoms with Crippen molar-refractivity contribution in [2.24, 2.45) is 0 Å². The molecule has 2 aromatic rings. The van der Waals surface area contributed by atoms with E-state index in [1.807, 2.05) is 36.4 Å². The van der Waals surface area contributed by atoms with Crippen molar-refractivity contribution in [3.63, 3.8) is 0 Å². The second-order valence-corrected chi connectivity index (χ2v) is 11.4. The van der Waals surface area contributed by atoms with Gasteiger partial charge in [0.2, 0.25) is 0 Å². The number of thioether (sulfide) groups is 1. The maximum atomic E-state index is 13.0. The van der Waals surface area contributed by atoms with Gasteiger partial charge in [0.25, 0.3) is 0 Å².